The minimum atomic E-state index is -0.689. The Morgan fingerprint density at radius 2 is 2.04 bits per heavy atom. The Kier molecular flexibility index (Phi) is 5.51. The number of para-hydroxylation sites is 1. The van der Waals surface area contributed by atoms with Crippen molar-refractivity contribution < 1.29 is 14.3 Å². The van der Waals surface area contributed by atoms with Crippen molar-refractivity contribution in [3.05, 3.63) is 46.2 Å². The lowest BCUT2D eigenvalue weighted by molar-refractivity contribution is -0.124. The Morgan fingerprint density at radius 1 is 1.30 bits per heavy atom. The van der Waals surface area contributed by atoms with E-state index in [1.54, 1.807) is 24.3 Å². The predicted octanol–water partition coefficient (Wildman–Crippen LogP) is 1.99. The van der Waals surface area contributed by atoms with E-state index in [2.05, 4.69) is 10.3 Å². The molecular formula is C17H20N2O4. The van der Waals surface area contributed by atoms with Crippen molar-refractivity contribution in [1.29, 1.82) is 0 Å². The van der Waals surface area contributed by atoms with Crippen LogP contribution >= 0.6 is 0 Å². The van der Waals surface area contributed by atoms with E-state index in [1.165, 1.54) is 6.07 Å². The van der Waals surface area contributed by atoms with E-state index in [9.17, 15) is 14.4 Å². The molecule has 122 valence electrons. The molecule has 1 amide bonds. The number of amides is 1. The molecule has 0 bridgehead atoms. The number of ether oxygens (including phenoxy) is 1. The SMILES string of the molecule is CCC[C@H](C)NC(=O)COC(=O)c1cc(=O)[nH]c2ccccc12. The summed E-state index contributed by atoms with van der Waals surface area (Å²) in [5.74, 6) is -1.04. The van der Waals surface area contributed by atoms with Crippen molar-refractivity contribution in [3.8, 4) is 0 Å². The summed E-state index contributed by atoms with van der Waals surface area (Å²) >= 11 is 0. The van der Waals surface area contributed by atoms with Crippen LogP contribution in [-0.4, -0.2) is 29.5 Å². The van der Waals surface area contributed by atoms with Crippen LogP contribution in [0.25, 0.3) is 10.9 Å². The van der Waals surface area contributed by atoms with Gasteiger partial charge in [0.1, 0.15) is 0 Å². The molecule has 2 aromatic rings. The molecule has 0 radical (unpaired) electrons. The van der Waals surface area contributed by atoms with Crippen molar-refractivity contribution in [3.63, 3.8) is 0 Å². The van der Waals surface area contributed by atoms with Crippen molar-refractivity contribution in [2.75, 3.05) is 6.61 Å². The highest BCUT2D eigenvalue weighted by Gasteiger charge is 2.15. The van der Waals surface area contributed by atoms with Gasteiger partial charge in [0.2, 0.25) is 5.56 Å². The van der Waals surface area contributed by atoms with Crippen molar-refractivity contribution in [2.45, 2.75) is 32.7 Å². The Balaban J connectivity index is 2.07. The van der Waals surface area contributed by atoms with Crippen LogP contribution in [0.2, 0.25) is 0 Å². The summed E-state index contributed by atoms with van der Waals surface area (Å²) in [7, 11) is 0. The maximum absolute atomic E-state index is 12.2. The first-order chi connectivity index (χ1) is 11.0. The summed E-state index contributed by atoms with van der Waals surface area (Å²) in [5.41, 5.74) is 0.309. The normalized spacial score (nSPS) is 11.9. The fourth-order valence-corrected chi connectivity index (χ4v) is 2.40. The molecule has 1 heterocycles. The van der Waals surface area contributed by atoms with Gasteiger partial charge in [-0.3, -0.25) is 9.59 Å². The van der Waals surface area contributed by atoms with E-state index in [1.807, 2.05) is 13.8 Å². The number of H-pyrrole nitrogens is 1. The van der Waals surface area contributed by atoms with E-state index in [0.717, 1.165) is 12.8 Å². The van der Waals surface area contributed by atoms with Crippen LogP contribution in [0.3, 0.4) is 0 Å². The van der Waals surface area contributed by atoms with Crippen LogP contribution < -0.4 is 10.9 Å². The average Bonchev–Trinajstić information content (AvgIpc) is 2.52. The van der Waals surface area contributed by atoms with Gasteiger partial charge in [0, 0.05) is 23.0 Å². The third kappa shape index (κ3) is 4.42. The second kappa shape index (κ2) is 7.58. The number of hydrogen-bond donors (Lipinski definition) is 2. The van der Waals surface area contributed by atoms with Crippen molar-refractivity contribution >= 4 is 22.8 Å². The third-order valence-electron chi connectivity index (χ3n) is 3.43. The molecule has 0 aliphatic carbocycles. The average molecular weight is 316 g/mol. The third-order valence-corrected chi connectivity index (χ3v) is 3.43. The monoisotopic (exact) mass is 316 g/mol. The smallest absolute Gasteiger partial charge is 0.339 e. The van der Waals surface area contributed by atoms with E-state index < -0.39 is 11.5 Å². The number of carbonyl (C=O) groups is 2. The lowest BCUT2D eigenvalue weighted by atomic mass is 10.1. The second-order valence-electron chi connectivity index (χ2n) is 5.43. The minimum Gasteiger partial charge on any atom is -0.452 e. The molecule has 0 aliphatic heterocycles. The predicted molar refractivity (Wildman–Crippen MR) is 87.4 cm³/mol. The van der Waals surface area contributed by atoms with Gasteiger partial charge in [-0.2, -0.15) is 0 Å². The molecule has 0 unspecified atom stereocenters. The van der Waals surface area contributed by atoms with Gasteiger partial charge in [-0.25, -0.2) is 4.79 Å². The van der Waals surface area contributed by atoms with Gasteiger partial charge in [-0.05, 0) is 19.4 Å². The van der Waals surface area contributed by atoms with Crippen LogP contribution in [0.15, 0.2) is 35.1 Å². The molecule has 6 heteroatoms. The molecule has 1 aromatic carbocycles. The number of pyridine rings is 1. The van der Waals surface area contributed by atoms with Gasteiger partial charge in [0.05, 0.1) is 5.56 Å². The number of esters is 1. The summed E-state index contributed by atoms with van der Waals surface area (Å²) in [6.45, 7) is 3.56. The number of rotatable bonds is 6. The number of carbonyl (C=O) groups excluding carboxylic acids is 2. The van der Waals surface area contributed by atoms with Crippen molar-refractivity contribution in [1.82, 2.24) is 10.3 Å². The summed E-state index contributed by atoms with van der Waals surface area (Å²) < 4.78 is 5.03. The summed E-state index contributed by atoms with van der Waals surface area (Å²) in [5, 5.41) is 3.33. The quantitative estimate of drug-likeness (QED) is 0.798. The lowest BCUT2D eigenvalue weighted by Gasteiger charge is -2.13. The maximum atomic E-state index is 12.2. The highest BCUT2D eigenvalue weighted by Crippen LogP contribution is 2.15. The molecule has 23 heavy (non-hydrogen) atoms. The summed E-state index contributed by atoms with van der Waals surface area (Å²) in [6, 6.07) is 8.15. The molecule has 0 fully saturated rings. The molecule has 0 aliphatic rings. The molecule has 0 saturated carbocycles. The number of aromatic amines is 1. The molecule has 0 spiro atoms. The van der Waals surface area contributed by atoms with E-state index in [-0.39, 0.29) is 24.1 Å². The topological polar surface area (TPSA) is 88.3 Å². The maximum Gasteiger partial charge on any atom is 0.339 e. The highest BCUT2D eigenvalue weighted by atomic mass is 16.5. The van der Waals surface area contributed by atoms with Gasteiger partial charge in [-0.1, -0.05) is 31.5 Å². The molecule has 2 rings (SSSR count). The Labute approximate surface area is 133 Å². The first kappa shape index (κ1) is 16.7. The van der Waals surface area contributed by atoms with Gasteiger partial charge < -0.3 is 15.0 Å². The van der Waals surface area contributed by atoms with E-state index in [4.69, 9.17) is 4.74 Å². The Morgan fingerprint density at radius 3 is 2.78 bits per heavy atom. The van der Waals surface area contributed by atoms with E-state index >= 15 is 0 Å². The van der Waals surface area contributed by atoms with Crippen LogP contribution in [0.1, 0.15) is 37.0 Å². The molecule has 0 saturated heterocycles. The van der Waals surface area contributed by atoms with Crippen molar-refractivity contribution in [2.24, 2.45) is 0 Å². The van der Waals surface area contributed by atoms with Crippen LogP contribution in [0.5, 0.6) is 0 Å². The second-order valence-corrected chi connectivity index (χ2v) is 5.43. The van der Waals surface area contributed by atoms with Crippen LogP contribution in [-0.2, 0) is 9.53 Å². The zero-order valence-corrected chi connectivity index (χ0v) is 13.2. The minimum absolute atomic E-state index is 0.0339. The lowest BCUT2D eigenvalue weighted by Crippen LogP contribution is -2.35. The number of fused-ring (bicyclic) bond motifs is 1. The standard InChI is InChI=1S/C17H20N2O4/c1-3-6-11(2)18-16(21)10-23-17(22)13-9-15(20)19-14-8-5-4-7-12(13)14/h4-5,7-9,11H,3,6,10H2,1-2H3,(H,18,21)(H,19,20)/t11-/m0/s1. The number of benzene rings is 1. The molecule has 1 aromatic heterocycles. The molecule has 6 nitrogen and oxygen atoms in total. The largest absolute Gasteiger partial charge is 0.452 e. The number of aromatic nitrogens is 1. The van der Waals surface area contributed by atoms with Crippen LogP contribution in [0, 0.1) is 0 Å². The zero-order chi connectivity index (χ0) is 16.8. The first-order valence-corrected chi connectivity index (χ1v) is 7.59. The number of hydrogen-bond acceptors (Lipinski definition) is 4. The first-order valence-electron chi connectivity index (χ1n) is 7.59. The molecule has 2 N–H and O–H groups in total. The van der Waals surface area contributed by atoms with Crippen LogP contribution in [0.4, 0.5) is 0 Å². The highest BCUT2D eigenvalue weighted by molar-refractivity contribution is 6.03. The van der Waals surface area contributed by atoms with Gasteiger partial charge in [0.15, 0.2) is 6.61 Å². The molecule has 1 atom stereocenters. The van der Waals surface area contributed by atoms with Gasteiger partial charge in [0.25, 0.3) is 5.91 Å². The van der Waals surface area contributed by atoms with E-state index in [0.29, 0.717) is 10.9 Å². The number of nitrogens with one attached hydrogen (secondary N) is 2. The Bertz CT molecular complexity index is 767. The zero-order valence-electron chi connectivity index (χ0n) is 13.2. The molecular weight excluding hydrogens is 296 g/mol. The van der Waals surface area contributed by atoms with Gasteiger partial charge in [-0.15, -0.1) is 0 Å². The van der Waals surface area contributed by atoms with Gasteiger partial charge >= 0.3 is 5.97 Å². The fourth-order valence-electron chi connectivity index (χ4n) is 2.40. The fraction of sp³-hybridized carbons (Fsp3) is 0.353. The Hall–Kier alpha value is -2.63. The summed E-state index contributed by atoms with van der Waals surface area (Å²) in [6.07, 6.45) is 1.82. The summed E-state index contributed by atoms with van der Waals surface area (Å²) in [4.78, 5) is 38.2.